The first kappa shape index (κ1) is 20.2. The second kappa shape index (κ2) is 9.59. The fourth-order valence-corrected chi connectivity index (χ4v) is 4.71. The minimum Gasteiger partial charge on any atom is -0.490 e. The number of ether oxygens (including phenoxy) is 1. The highest BCUT2D eigenvalue weighted by molar-refractivity contribution is 7.16. The molecule has 1 aliphatic rings. The van der Waals surface area contributed by atoms with Gasteiger partial charge < -0.3 is 14.5 Å². The average Bonchev–Trinajstić information content (AvgIpc) is 3.43. The van der Waals surface area contributed by atoms with Crippen molar-refractivity contribution in [2.45, 2.75) is 32.2 Å². The van der Waals surface area contributed by atoms with Gasteiger partial charge in [0.15, 0.2) is 0 Å². The summed E-state index contributed by atoms with van der Waals surface area (Å²) in [6.07, 6.45) is 9.35. The van der Waals surface area contributed by atoms with Crippen LogP contribution in [0.15, 0.2) is 64.7 Å². The molecule has 154 valence electrons. The molecule has 4 rings (SSSR count). The zero-order valence-corrected chi connectivity index (χ0v) is 17.5. The third-order valence-electron chi connectivity index (χ3n) is 4.96. The van der Waals surface area contributed by atoms with Crippen LogP contribution >= 0.6 is 11.3 Å². The van der Waals surface area contributed by atoms with Crippen LogP contribution in [-0.4, -0.2) is 18.7 Å². The first-order chi connectivity index (χ1) is 14.7. The third kappa shape index (κ3) is 4.71. The Kier molecular flexibility index (Phi) is 6.44. The molecule has 0 unspecified atom stereocenters. The quantitative estimate of drug-likeness (QED) is 0.388. The fourth-order valence-electron chi connectivity index (χ4n) is 3.48. The van der Waals surface area contributed by atoms with Crippen LogP contribution in [0.5, 0.6) is 5.75 Å². The molecule has 1 aromatic carbocycles. The van der Waals surface area contributed by atoms with Gasteiger partial charge in [-0.25, -0.2) is 4.99 Å². The van der Waals surface area contributed by atoms with Gasteiger partial charge in [0.25, 0.3) is 5.91 Å². The van der Waals surface area contributed by atoms with Crippen molar-refractivity contribution in [3.63, 3.8) is 0 Å². The Morgan fingerprint density at radius 3 is 2.83 bits per heavy atom. The molecular formula is C24H24N2O3S. The average molecular weight is 421 g/mol. The fraction of sp³-hybridized carbons (Fsp3) is 0.250. The molecule has 2 aromatic heterocycles. The van der Waals surface area contributed by atoms with Crippen LogP contribution in [0.2, 0.25) is 0 Å². The van der Waals surface area contributed by atoms with E-state index in [1.165, 1.54) is 4.88 Å². The van der Waals surface area contributed by atoms with E-state index in [-0.39, 0.29) is 5.91 Å². The highest BCUT2D eigenvalue weighted by Crippen LogP contribution is 2.39. The lowest BCUT2D eigenvalue weighted by Gasteiger charge is -2.12. The van der Waals surface area contributed by atoms with E-state index < -0.39 is 0 Å². The minimum absolute atomic E-state index is 0.0916. The SMILES string of the molecule is C=CCOc1ccc(C=Nc2sc3c(c2C(=O)NCc2ccco2)CCCC3)cc1. The summed E-state index contributed by atoms with van der Waals surface area (Å²) < 4.78 is 10.8. The predicted octanol–water partition coefficient (Wildman–Crippen LogP) is 5.47. The Bertz CT molecular complexity index is 1030. The molecule has 0 atom stereocenters. The van der Waals surface area contributed by atoms with E-state index in [0.29, 0.717) is 18.7 Å². The number of rotatable bonds is 8. The molecule has 0 spiro atoms. The molecule has 6 heteroatoms. The van der Waals surface area contributed by atoms with Crippen LogP contribution in [0.3, 0.4) is 0 Å². The molecule has 0 aliphatic heterocycles. The van der Waals surface area contributed by atoms with Gasteiger partial charge in [0.05, 0.1) is 18.4 Å². The number of amides is 1. The number of carbonyl (C=O) groups is 1. The first-order valence-electron chi connectivity index (χ1n) is 10.1. The zero-order chi connectivity index (χ0) is 20.8. The standard InChI is InChI=1S/C24H24N2O3S/c1-2-13-28-18-11-9-17(10-12-18)15-26-24-22(20-7-3-4-8-21(20)30-24)23(27)25-16-19-6-5-14-29-19/h2,5-6,9-12,14-15H,1,3-4,7-8,13,16H2,(H,25,27). The van der Waals surface area contributed by atoms with E-state index >= 15 is 0 Å². The number of hydrogen-bond acceptors (Lipinski definition) is 5. The Balaban J connectivity index is 1.54. The molecule has 0 bridgehead atoms. The maximum absolute atomic E-state index is 13.0. The summed E-state index contributed by atoms with van der Waals surface area (Å²) in [5.74, 6) is 1.43. The van der Waals surface area contributed by atoms with Crippen molar-refractivity contribution < 1.29 is 13.9 Å². The second-order valence-corrected chi connectivity index (χ2v) is 8.16. The molecule has 0 fully saturated rings. The molecule has 0 saturated heterocycles. The summed E-state index contributed by atoms with van der Waals surface area (Å²) in [6.45, 7) is 4.49. The molecule has 0 radical (unpaired) electrons. The van der Waals surface area contributed by atoms with Gasteiger partial charge in [-0.1, -0.05) is 12.7 Å². The summed E-state index contributed by atoms with van der Waals surface area (Å²) in [7, 11) is 0. The van der Waals surface area contributed by atoms with Gasteiger partial charge in [-0.2, -0.15) is 0 Å². The zero-order valence-electron chi connectivity index (χ0n) is 16.7. The highest BCUT2D eigenvalue weighted by atomic mass is 32.1. The van der Waals surface area contributed by atoms with Crippen molar-refractivity contribution in [3.05, 3.63) is 82.6 Å². The van der Waals surface area contributed by atoms with Crippen molar-refractivity contribution in [2.75, 3.05) is 6.61 Å². The smallest absolute Gasteiger partial charge is 0.255 e. The normalized spacial score (nSPS) is 13.2. The Morgan fingerprint density at radius 1 is 1.23 bits per heavy atom. The molecule has 30 heavy (non-hydrogen) atoms. The van der Waals surface area contributed by atoms with Crippen molar-refractivity contribution in [1.82, 2.24) is 5.32 Å². The van der Waals surface area contributed by atoms with E-state index in [4.69, 9.17) is 14.1 Å². The molecule has 1 aliphatic carbocycles. The van der Waals surface area contributed by atoms with E-state index in [1.807, 2.05) is 36.4 Å². The monoisotopic (exact) mass is 420 g/mol. The summed E-state index contributed by atoms with van der Waals surface area (Å²) in [5, 5.41) is 3.75. The van der Waals surface area contributed by atoms with Crippen LogP contribution in [-0.2, 0) is 19.4 Å². The summed E-state index contributed by atoms with van der Waals surface area (Å²) in [5.41, 5.74) is 2.82. The molecule has 5 nitrogen and oxygen atoms in total. The number of nitrogens with one attached hydrogen (secondary N) is 1. The Labute approximate surface area is 180 Å². The molecule has 2 heterocycles. The van der Waals surface area contributed by atoms with E-state index in [9.17, 15) is 4.79 Å². The predicted molar refractivity (Wildman–Crippen MR) is 120 cm³/mol. The largest absolute Gasteiger partial charge is 0.490 e. The molecule has 1 amide bonds. The van der Waals surface area contributed by atoms with Gasteiger partial charge in [0.2, 0.25) is 0 Å². The van der Waals surface area contributed by atoms with Gasteiger partial charge in [-0.05, 0) is 73.2 Å². The number of hydrogen-bond donors (Lipinski definition) is 1. The number of benzene rings is 1. The van der Waals surface area contributed by atoms with Gasteiger partial charge in [-0.3, -0.25) is 4.79 Å². The maximum atomic E-state index is 13.0. The van der Waals surface area contributed by atoms with E-state index in [1.54, 1.807) is 29.9 Å². The Hall–Kier alpha value is -3.12. The lowest BCUT2D eigenvalue weighted by Crippen LogP contribution is -2.23. The Morgan fingerprint density at radius 2 is 2.07 bits per heavy atom. The molecule has 0 saturated carbocycles. The number of aliphatic imine (C=N–C) groups is 1. The summed E-state index contributed by atoms with van der Waals surface area (Å²) >= 11 is 1.63. The number of fused-ring (bicyclic) bond motifs is 1. The van der Waals surface area contributed by atoms with Crippen molar-refractivity contribution in [2.24, 2.45) is 4.99 Å². The van der Waals surface area contributed by atoms with Crippen LogP contribution in [0.25, 0.3) is 0 Å². The van der Waals surface area contributed by atoms with Crippen LogP contribution in [0.1, 0.15) is 45.0 Å². The molecule has 1 N–H and O–H groups in total. The van der Waals surface area contributed by atoms with Gasteiger partial charge in [-0.15, -0.1) is 11.3 Å². The van der Waals surface area contributed by atoms with Crippen molar-refractivity contribution in [1.29, 1.82) is 0 Å². The number of carbonyl (C=O) groups excluding carboxylic acids is 1. The number of nitrogens with zero attached hydrogens (tertiary/aromatic N) is 1. The van der Waals surface area contributed by atoms with E-state index in [0.717, 1.165) is 53.3 Å². The number of furan rings is 1. The third-order valence-corrected chi connectivity index (χ3v) is 6.16. The lowest BCUT2D eigenvalue weighted by atomic mass is 9.95. The second-order valence-electron chi connectivity index (χ2n) is 7.08. The van der Waals surface area contributed by atoms with Crippen LogP contribution in [0.4, 0.5) is 5.00 Å². The summed E-state index contributed by atoms with van der Waals surface area (Å²) in [4.78, 5) is 19.0. The highest BCUT2D eigenvalue weighted by Gasteiger charge is 2.25. The van der Waals surface area contributed by atoms with E-state index in [2.05, 4.69) is 11.9 Å². The van der Waals surface area contributed by atoms with Crippen LogP contribution < -0.4 is 10.1 Å². The number of aryl methyl sites for hydroxylation is 1. The van der Waals surface area contributed by atoms with Crippen molar-refractivity contribution in [3.8, 4) is 5.75 Å². The molecule has 3 aromatic rings. The van der Waals surface area contributed by atoms with Gasteiger partial charge >= 0.3 is 0 Å². The maximum Gasteiger partial charge on any atom is 0.255 e. The first-order valence-corrected chi connectivity index (χ1v) is 10.9. The number of thiophene rings is 1. The lowest BCUT2D eigenvalue weighted by molar-refractivity contribution is 0.0948. The van der Waals surface area contributed by atoms with Gasteiger partial charge in [0, 0.05) is 11.1 Å². The molecular weight excluding hydrogens is 396 g/mol. The summed E-state index contributed by atoms with van der Waals surface area (Å²) in [6, 6.07) is 11.4. The topological polar surface area (TPSA) is 63.8 Å². The van der Waals surface area contributed by atoms with Gasteiger partial charge in [0.1, 0.15) is 23.1 Å². The van der Waals surface area contributed by atoms with Crippen molar-refractivity contribution >= 4 is 28.5 Å². The van der Waals surface area contributed by atoms with Crippen LogP contribution in [0, 0.1) is 0 Å². The minimum atomic E-state index is -0.0916.